The molecule has 10 heavy (non-hydrogen) atoms. The first-order valence-corrected chi connectivity index (χ1v) is 4.07. The molecule has 0 unspecified atom stereocenters. The zero-order valence-electron chi connectivity index (χ0n) is 5.84. The largest absolute Gasteiger partial charge is 0.268 e. The number of nitrogens with zero attached hydrogens (tertiary/aromatic N) is 1. The van der Waals surface area contributed by atoms with Crippen LogP contribution in [0.3, 0.4) is 0 Å². The number of aromatic nitrogens is 2. The van der Waals surface area contributed by atoms with E-state index in [0.717, 1.165) is 10.6 Å². The highest BCUT2D eigenvalue weighted by atomic mass is 32.2. The van der Waals surface area contributed by atoms with Crippen LogP contribution in [0.25, 0.3) is 0 Å². The summed E-state index contributed by atoms with van der Waals surface area (Å²) in [5.74, 6) is 0. The minimum Gasteiger partial charge on any atom is -0.268 e. The minimum absolute atomic E-state index is 0.143. The SMILES string of the molecule is CSc1n[nH]c(=O)cc1C. The van der Waals surface area contributed by atoms with Gasteiger partial charge in [0, 0.05) is 6.07 Å². The van der Waals surface area contributed by atoms with E-state index in [2.05, 4.69) is 10.2 Å². The number of aryl methyl sites for hydroxylation is 1. The summed E-state index contributed by atoms with van der Waals surface area (Å²) in [7, 11) is 0. The van der Waals surface area contributed by atoms with Crippen molar-refractivity contribution in [3.63, 3.8) is 0 Å². The topological polar surface area (TPSA) is 45.8 Å². The van der Waals surface area contributed by atoms with Gasteiger partial charge in [-0.3, -0.25) is 4.79 Å². The zero-order chi connectivity index (χ0) is 7.56. The van der Waals surface area contributed by atoms with Gasteiger partial charge in [-0.05, 0) is 18.7 Å². The quantitative estimate of drug-likeness (QED) is 0.612. The molecule has 0 aliphatic rings. The summed E-state index contributed by atoms with van der Waals surface area (Å²) < 4.78 is 0. The van der Waals surface area contributed by atoms with Crippen molar-refractivity contribution in [3.8, 4) is 0 Å². The van der Waals surface area contributed by atoms with Crippen LogP contribution in [0.5, 0.6) is 0 Å². The number of thioether (sulfide) groups is 1. The first kappa shape index (κ1) is 7.34. The molecule has 1 N–H and O–H groups in total. The lowest BCUT2D eigenvalue weighted by atomic mass is 10.4. The van der Waals surface area contributed by atoms with Crippen LogP contribution in [-0.2, 0) is 0 Å². The Labute approximate surface area is 62.9 Å². The van der Waals surface area contributed by atoms with Crippen LogP contribution in [0.2, 0.25) is 0 Å². The Hall–Kier alpha value is -0.770. The van der Waals surface area contributed by atoms with Gasteiger partial charge in [0.05, 0.1) is 0 Å². The van der Waals surface area contributed by atoms with Crippen molar-refractivity contribution in [2.45, 2.75) is 11.9 Å². The van der Waals surface area contributed by atoms with E-state index in [1.807, 2.05) is 13.2 Å². The molecule has 0 atom stereocenters. The van der Waals surface area contributed by atoms with Crippen LogP contribution in [0.1, 0.15) is 5.56 Å². The average Bonchev–Trinajstić information content (AvgIpc) is 1.88. The molecule has 54 valence electrons. The Morgan fingerprint density at radius 1 is 1.70 bits per heavy atom. The smallest absolute Gasteiger partial charge is 0.264 e. The molecule has 1 aromatic rings. The standard InChI is InChI=1S/C6H8N2OS/c1-4-3-5(9)7-8-6(4)10-2/h3H,1-2H3,(H,7,9). The highest BCUT2D eigenvalue weighted by Gasteiger charge is 1.96. The second kappa shape index (κ2) is 2.88. The van der Waals surface area contributed by atoms with E-state index >= 15 is 0 Å². The van der Waals surface area contributed by atoms with Crippen LogP contribution in [0.15, 0.2) is 15.9 Å². The van der Waals surface area contributed by atoms with Crippen LogP contribution in [0, 0.1) is 6.92 Å². The molecule has 1 heterocycles. The Morgan fingerprint density at radius 2 is 2.40 bits per heavy atom. The maximum absolute atomic E-state index is 10.6. The van der Waals surface area contributed by atoms with Gasteiger partial charge in [0.1, 0.15) is 5.03 Å². The van der Waals surface area contributed by atoms with Gasteiger partial charge in [-0.15, -0.1) is 11.8 Å². The fourth-order valence-corrected chi connectivity index (χ4v) is 1.21. The van der Waals surface area contributed by atoms with E-state index in [-0.39, 0.29) is 5.56 Å². The number of rotatable bonds is 1. The molecule has 0 aliphatic carbocycles. The molecular formula is C6H8N2OS. The Bertz CT molecular complexity index is 281. The maximum Gasteiger partial charge on any atom is 0.264 e. The van der Waals surface area contributed by atoms with E-state index in [1.165, 1.54) is 11.8 Å². The van der Waals surface area contributed by atoms with Crippen LogP contribution in [-0.4, -0.2) is 16.5 Å². The van der Waals surface area contributed by atoms with Crippen molar-refractivity contribution < 1.29 is 0 Å². The molecule has 0 saturated heterocycles. The summed E-state index contributed by atoms with van der Waals surface area (Å²) in [5.41, 5.74) is 0.784. The number of H-pyrrole nitrogens is 1. The van der Waals surface area contributed by atoms with Gasteiger partial charge in [0.15, 0.2) is 0 Å². The van der Waals surface area contributed by atoms with Gasteiger partial charge in [-0.1, -0.05) is 0 Å². The van der Waals surface area contributed by atoms with Crippen LogP contribution >= 0.6 is 11.8 Å². The molecule has 0 bridgehead atoms. The lowest BCUT2D eigenvalue weighted by Gasteiger charge is -1.96. The fourth-order valence-electron chi connectivity index (χ4n) is 0.691. The lowest BCUT2D eigenvalue weighted by molar-refractivity contribution is 0.879. The monoisotopic (exact) mass is 156 g/mol. The van der Waals surface area contributed by atoms with Crippen LogP contribution < -0.4 is 5.56 Å². The lowest BCUT2D eigenvalue weighted by Crippen LogP contribution is -2.07. The molecule has 0 fully saturated rings. The third-order valence-electron chi connectivity index (χ3n) is 1.15. The van der Waals surface area contributed by atoms with E-state index in [9.17, 15) is 4.79 Å². The molecule has 3 nitrogen and oxygen atoms in total. The molecule has 0 aromatic carbocycles. The number of hydrogen-bond donors (Lipinski definition) is 1. The highest BCUT2D eigenvalue weighted by molar-refractivity contribution is 7.98. The van der Waals surface area contributed by atoms with E-state index in [4.69, 9.17) is 0 Å². The van der Waals surface area contributed by atoms with Crippen molar-refractivity contribution in [1.82, 2.24) is 10.2 Å². The summed E-state index contributed by atoms with van der Waals surface area (Å²) >= 11 is 1.52. The van der Waals surface area contributed by atoms with E-state index < -0.39 is 0 Å². The van der Waals surface area contributed by atoms with Crippen molar-refractivity contribution in [1.29, 1.82) is 0 Å². The molecule has 1 aromatic heterocycles. The first-order valence-electron chi connectivity index (χ1n) is 2.84. The Balaban J connectivity index is 3.19. The molecule has 0 amide bonds. The van der Waals surface area contributed by atoms with Crippen molar-refractivity contribution in [2.75, 3.05) is 6.26 Å². The predicted molar refractivity (Wildman–Crippen MR) is 41.4 cm³/mol. The van der Waals surface area contributed by atoms with Gasteiger partial charge >= 0.3 is 0 Å². The van der Waals surface area contributed by atoms with Crippen molar-refractivity contribution in [3.05, 3.63) is 22.0 Å². The summed E-state index contributed by atoms with van der Waals surface area (Å²) in [6, 6.07) is 1.54. The number of nitrogens with one attached hydrogen (secondary N) is 1. The van der Waals surface area contributed by atoms with Crippen molar-refractivity contribution >= 4 is 11.8 Å². The third kappa shape index (κ3) is 1.39. The van der Waals surface area contributed by atoms with Gasteiger partial charge in [0.2, 0.25) is 0 Å². The van der Waals surface area contributed by atoms with E-state index in [0.29, 0.717) is 0 Å². The second-order valence-corrected chi connectivity index (χ2v) is 2.72. The summed E-state index contributed by atoms with van der Waals surface area (Å²) in [5, 5.41) is 7.06. The minimum atomic E-state index is -0.143. The molecular weight excluding hydrogens is 148 g/mol. The molecule has 0 saturated carbocycles. The zero-order valence-corrected chi connectivity index (χ0v) is 6.66. The fraction of sp³-hybridized carbons (Fsp3) is 0.333. The van der Waals surface area contributed by atoms with Gasteiger partial charge in [0.25, 0.3) is 5.56 Å². The number of hydrogen-bond acceptors (Lipinski definition) is 3. The van der Waals surface area contributed by atoms with Gasteiger partial charge < -0.3 is 0 Å². The first-order chi connectivity index (χ1) is 4.74. The normalized spacial score (nSPS) is 9.80. The summed E-state index contributed by atoms with van der Waals surface area (Å²) in [6.45, 7) is 1.87. The van der Waals surface area contributed by atoms with Crippen LogP contribution in [0.4, 0.5) is 0 Å². The Morgan fingerprint density at radius 3 is 2.90 bits per heavy atom. The Kier molecular flexibility index (Phi) is 2.11. The predicted octanol–water partition coefficient (Wildman–Crippen LogP) is 0.800. The average molecular weight is 156 g/mol. The van der Waals surface area contributed by atoms with Gasteiger partial charge in [-0.25, -0.2) is 5.10 Å². The highest BCUT2D eigenvalue weighted by Crippen LogP contribution is 2.12. The summed E-state index contributed by atoms with van der Waals surface area (Å²) in [4.78, 5) is 10.6. The molecule has 0 radical (unpaired) electrons. The number of aromatic amines is 1. The van der Waals surface area contributed by atoms with Gasteiger partial charge in [-0.2, -0.15) is 5.10 Å². The molecule has 1 rings (SSSR count). The molecule has 0 spiro atoms. The molecule has 4 heteroatoms. The second-order valence-electron chi connectivity index (χ2n) is 1.92. The van der Waals surface area contributed by atoms with Crippen molar-refractivity contribution in [2.24, 2.45) is 0 Å². The third-order valence-corrected chi connectivity index (χ3v) is 1.95. The van der Waals surface area contributed by atoms with E-state index in [1.54, 1.807) is 6.07 Å². The molecule has 0 aliphatic heterocycles. The maximum atomic E-state index is 10.6. The summed E-state index contributed by atoms with van der Waals surface area (Å²) in [6.07, 6.45) is 1.92.